The molecule has 2 aromatic heterocycles. The van der Waals surface area contributed by atoms with Gasteiger partial charge in [-0.25, -0.2) is 4.39 Å². The number of pyridine rings is 1. The Kier molecular flexibility index (Phi) is 5.88. The Labute approximate surface area is 173 Å². The molecule has 2 amide bonds. The summed E-state index contributed by atoms with van der Waals surface area (Å²) < 4.78 is 19.4. The third-order valence-corrected chi connectivity index (χ3v) is 5.27. The zero-order valence-corrected chi connectivity index (χ0v) is 16.3. The highest BCUT2D eigenvalue weighted by atomic mass is 19.1. The van der Waals surface area contributed by atoms with Gasteiger partial charge in [0.15, 0.2) is 5.76 Å². The average molecular weight is 407 g/mol. The van der Waals surface area contributed by atoms with Crippen molar-refractivity contribution in [2.75, 3.05) is 4.90 Å². The first-order valence-electron chi connectivity index (χ1n) is 9.96. The third-order valence-electron chi connectivity index (χ3n) is 5.27. The molecule has 6 nitrogen and oxygen atoms in total. The van der Waals surface area contributed by atoms with E-state index in [9.17, 15) is 14.0 Å². The minimum Gasteiger partial charge on any atom is -0.459 e. The molecule has 1 aliphatic carbocycles. The van der Waals surface area contributed by atoms with E-state index in [4.69, 9.17) is 4.42 Å². The lowest BCUT2D eigenvalue weighted by molar-refractivity contribution is -0.123. The van der Waals surface area contributed by atoms with Crippen LogP contribution in [0.25, 0.3) is 0 Å². The van der Waals surface area contributed by atoms with Crippen LogP contribution >= 0.6 is 0 Å². The van der Waals surface area contributed by atoms with Gasteiger partial charge in [0, 0.05) is 24.1 Å². The van der Waals surface area contributed by atoms with E-state index in [2.05, 4.69) is 10.3 Å². The summed E-state index contributed by atoms with van der Waals surface area (Å²) in [5.41, 5.74) is 0.837. The summed E-state index contributed by atoms with van der Waals surface area (Å²) in [6, 6.07) is 11.2. The summed E-state index contributed by atoms with van der Waals surface area (Å²) in [5.74, 6) is -1.30. The van der Waals surface area contributed by atoms with E-state index in [1.807, 2.05) is 0 Å². The number of hydrogen-bond acceptors (Lipinski definition) is 4. The second kappa shape index (κ2) is 8.90. The molecule has 0 aliphatic heterocycles. The van der Waals surface area contributed by atoms with Crippen LogP contribution in [0.2, 0.25) is 0 Å². The summed E-state index contributed by atoms with van der Waals surface area (Å²) >= 11 is 0. The second-order valence-corrected chi connectivity index (χ2v) is 7.31. The van der Waals surface area contributed by atoms with Gasteiger partial charge in [0.1, 0.15) is 11.9 Å². The number of nitrogens with one attached hydrogen (secondary N) is 1. The Morgan fingerprint density at radius 3 is 2.53 bits per heavy atom. The standard InChI is InChI=1S/C23H22FN3O3/c24-17-5-3-8-19(15-17)27(23(29)20-9-4-14-30-20)21(16-10-12-25-13-11-16)22(28)26-18-6-1-2-7-18/h3-5,8-15,18,21H,1-2,6-7H2,(H,26,28). The molecule has 4 rings (SSSR count). The number of benzene rings is 1. The van der Waals surface area contributed by atoms with Gasteiger partial charge in [-0.2, -0.15) is 0 Å². The molecule has 1 unspecified atom stereocenters. The topological polar surface area (TPSA) is 75.4 Å². The molecule has 154 valence electrons. The average Bonchev–Trinajstić information content (AvgIpc) is 3.46. The van der Waals surface area contributed by atoms with Gasteiger partial charge in [-0.3, -0.25) is 19.5 Å². The van der Waals surface area contributed by atoms with Gasteiger partial charge in [-0.15, -0.1) is 0 Å². The van der Waals surface area contributed by atoms with E-state index >= 15 is 0 Å². The van der Waals surface area contributed by atoms with Crippen LogP contribution in [0.1, 0.15) is 47.8 Å². The van der Waals surface area contributed by atoms with Crippen LogP contribution in [0.15, 0.2) is 71.6 Å². The molecular weight excluding hydrogens is 385 g/mol. The molecule has 1 N–H and O–H groups in total. The van der Waals surface area contributed by atoms with Crippen molar-refractivity contribution in [3.05, 3.63) is 84.3 Å². The first-order valence-corrected chi connectivity index (χ1v) is 9.96. The number of carbonyl (C=O) groups is 2. The molecule has 0 spiro atoms. The Bertz CT molecular complexity index is 1000. The van der Waals surface area contributed by atoms with Crippen LogP contribution in [-0.4, -0.2) is 22.8 Å². The third kappa shape index (κ3) is 4.25. The number of anilines is 1. The lowest BCUT2D eigenvalue weighted by atomic mass is 10.0. The van der Waals surface area contributed by atoms with Crippen molar-refractivity contribution in [1.29, 1.82) is 0 Å². The molecule has 1 aromatic carbocycles. The number of carbonyl (C=O) groups excluding carboxylic acids is 2. The molecule has 7 heteroatoms. The van der Waals surface area contributed by atoms with E-state index in [0.29, 0.717) is 5.56 Å². The van der Waals surface area contributed by atoms with Gasteiger partial charge in [-0.1, -0.05) is 18.9 Å². The quantitative estimate of drug-likeness (QED) is 0.662. The van der Waals surface area contributed by atoms with Crippen molar-refractivity contribution in [1.82, 2.24) is 10.3 Å². The summed E-state index contributed by atoms with van der Waals surface area (Å²) in [4.78, 5) is 32.1. The summed E-state index contributed by atoms with van der Waals surface area (Å²) in [6.07, 6.45) is 8.44. The SMILES string of the molecule is O=C(NC1CCCC1)C(c1ccncc1)N(C(=O)c1ccco1)c1cccc(F)c1. The summed E-state index contributed by atoms with van der Waals surface area (Å²) in [7, 11) is 0. The van der Waals surface area contributed by atoms with Crippen molar-refractivity contribution < 1.29 is 18.4 Å². The van der Waals surface area contributed by atoms with E-state index < -0.39 is 17.8 Å². The molecule has 1 aliphatic rings. The number of hydrogen-bond donors (Lipinski definition) is 1. The van der Waals surface area contributed by atoms with Crippen LogP contribution in [0, 0.1) is 5.82 Å². The highest BCUT2D eigenvalue weighted by Gasteiger charge is 2.35. The number of aromatic nitrogens is 1. The maximum atomic E-state index is 14.1. The van der Waals surface area contributed by atoms with Gasteiger partial charge >= 0.3 is 0 Å². The highest BCUT2D eigenvalue weighted by Crippen LogP contribution is 2.31. The fraction of sp³-hybridized carbons (Fsp3) is 0.261. The van der Waals surface area contributed by atoms with Gasteiger partial charge < -0.3 is 9.73 Å². The van der Waals surface area contributed by atoms with E-state index in [1.165, 1.54) is 35.4 Å². The van der Waals surface area contributed by atoms with Crippen molar-refractivity contribution >= 4 is 17.5 Å². The van der Waals surface area contributed by atoms with Gasteiger partial charge in [0.05, 0.1) is 6.26 Å². The van der Waals surface area contributed by atoms with Crippen LogP contribution in [0.4, 0.5) is 10.1 Å². The molecule has 0 bridgehead atoms. The molecule has 3 aromatic rings. The Morgan fingerprint density at radius 2 is 1.87 bits per heavy atom. The maximum Gasteiger partial charge on any atom is 0.294 e. The first-order chi connectivity index (χ1) is 14.6. The normalized spacial score (nSPS) is 15.0. The molecular formula is C23H22FN3O3. The van der Waals surface area contributed by atoms with Crippen molar-refractivity contribution in [2.24, 2.45) is 0 Å². The Morgan fingerprint density at radius 1 is 1.10 bits per heavy atom. The zero-order valence-electron chi connectivity index (χ0n) is 16.3. The molecule has 1 saturated carbocycles. The van der Waals surface area contributed by atoms with E-state index in [0.717, 1.165) is 25.7 Å². The highest BCUT2D eigenvalue weighted by molar-refractivity contribution is 6.08. The minimum atomic E-state index is -1.01. The molecule has 0 radical (unpaired) electrons. The number of halogens is 1. The van der Waals surface area contributed by atoms with Crippen LogP contribution in [0.3, 0.4) is 0 Å². The Hall–Kier alpha value is -3.48. The number of rotatable bonds is 6. The smallest absolute Gasteiger partial charge is 0.294 e. The van der Waals surface area contributed by atoms with Gasteiger partial charge in [0.25, 0.3) is 5.91 Å². The van der Waals surface area contributed by atoms with Crippen molar-refractivity contribution in [2.45, 2.75) is 37.8 Å². The number of furan rings is 1. The van der Waals surface area contributed by atoms with Gasteiger partial charge in [-0.05, 0) is 60.9 Å². The monoisotopic (exact) mass is 407 g/mol. The number of amides is 2. The molecule has 30 heavy (non-hydrogen) atoms. The van der Waals surface area contributed by atoms with Crippen LogP contribution < -0.4 is 10.2 Å². The fourth-order valence-electron chi connectivity index (χ4n) is 3.84. The fourth-order valence-corrected chi connectivity index (χ4v) is 3.84. The Balaban J connectivity index is 1.79. The molecule has 2 heterocycles. The zero-order chi connectivity index (χ0) is 20.9. The maximum absolute atomic E-state index is 14.1. The van der Waals surface area contributed by atoms with Crippen LogP contribution in [0.5, 0.6) is 0 Å². The van der Waals surface area contributed by atoms with Gasteiger partial charge in [0.2, 0.25) is 5.91 Å². The van der Waals surface area contributed by atoms with Crippen molar-refractivity contribution in [3.63, 3.8) is 0 Å². The van der Waals surface area contributed by atoms with Crippen LogP contribution in [-0.2, 0) is 4.79 Å². The molecule has 1 atom stereocenters. The predicted molar refractivity (Wildman–Crippen MR) is 109 cm³/mol. The second-order valence-electron chi connectivity index (χ2n) is 7.31. The first kappa shape index (κ1) is 19.8. The van der Waals surface area contributed by atoms with Crippen molar-refractivity contribution in [3.8, 4) is 0 Å². The lowest BCUT2D eigenvalue weighted by Gasteiger charge is -2.31. The summed E-state index contributed by atoms with van der Waals surface area (Å²) in [6.45, 7) is 0. The largest absolute Gasteiger partial charge is 0.459 e. The summed E-state index contributed by atoms with van der Waals surface area (Å²) in [5, 5.41) is 3.06. The van der Waals surface area contributed by atoms with E-state index in [-0.39, 0.29) is 23.4 Å². The molecule has 0 saturated heterocycles. The molecule has 1 fully saturated rings. The van der Waals surface area contributed by atoms with E-state index in [1.54, 1.807) is 36.7 Å². The predicted octanol–water partition coefficient (Wildman–Crippen LogP) is 4.26. The minimum absolute atomic E-state index is 0.0620. The number of nitrogens with zero attached hydrogens (tertiary/aromatic N) is 2. The lowest BCUT2D eigenvalue weighted by Crippen LogP contribution is -2.46.